The third kappa shape index (κ3) is 5.72. The molecule has 0 aliphatic carbocycles. The lowest BCUT2D eigenvalue weighted by Crippen LogP contribution is -2.21. The van der Waals surface area contributed by atoms with E-state index in [0.29, 0.717) is 6.42 Å². The summed E-state index contributed by atoms with van der Waals surface area (Å²) in [5.74, 6) is -1.56. The van der Waals surface area contributed by atoms with E-state index in [2.05, 4.69) is 13.5 Å². The Bertz CT molecular complexity index is 762. The molecule has 5 nitrogen and oxygen atoms in total. The summed E-state index contributed by atoms with van der Waals surface area (Å²) in [6.07, 6.45) is 6.06. The van der Waals surface area contributed by atoms with Gasteiger partial charge in [0.15, 0.2) is 0 Å². The molecule has 0 saturated carbocycles. The predicted octanol–water partition coefficient (Wildman–Crippen LogP) is 4.84. The van der Waals surface area contributed by atoms with Crippen molar-refractivity contribution in [3.63, 3.8) is 0 Å². The Balaban J connectivity index is 1.95. The third-order valence-electron chi connectivity index (χ3n) is 4.97. The summed E-state index contributed by atoms with van der Waals surface area (Å²) in [5.41, 5.74) is 3.00. The maximum Gasteiger partial charge on any atom is 0.332 e. The monoisotopic (exact) mass is 386 g/mol. The second-order valence-electron chi connectivity index (χ2n) is 7.39. The van der Waals surface area contributed by atoms with E-state index in [1.54, 1.807) is 13.0 Å². The number of unbranched alkanes of at least 4 members (excludes halogenated alkanes) is 3. The van der Waals surface area contributed by atoms with Crippen molar-refractivity contribution in [2.75, 3.05) is 0 Å². The SMILES string of the molecule is C=C(C)[C@H]1Cc2cc(COC(=O)[C@H](C)C(=CCCCCC)C(=O)O)ccc2O1. The zero-order chi connectivity index (χ0) is 20.7. The van der Waals surface area contributed by atoms with Crippen LogP contribution in [0, 0.1) is 5.92 Å². The number of hydrogen-bond donors (Lipinski definition) is 1. The molecule has 0 saturated heterocycles. The fraction of sp³-hybridized carbons (Fsp3) is 0.478. The maximum absolute atomic E-state index is 12.4. The van der Waals surface area contributed by atoms with E-state index >= 15 is 0 Å². The lowest BCUT2D eigenvalue weighted by atomic mass is 9.99. The Morgan fingerprint density at radius 2 is 2.14 bits per heavy atom. The van der Waals surface area contributed by atoms with Crippen molar-refractivity contribution in [2.24, 2.45) is 5.92 Å². The lowest BCUT2D eigenvalue weighted by molar-refractivity contribution is -0.150. The highest BCUT2D eigenvalue weighted by Crippen LogP contribution is 2.32. The molecule has 1 aromatic carbocycles. The molecule has 0 amide bonds. The highest BCUT2D eigenvalue weighted by atomic mass is 16.5. The zero-order valence-corrected chi connectivity index (χ0v) is 17.0. The number of esters is 1. The van der Waals surface area contributed by atoms with Crippen LogP contribution in [0.5, 0.6) is 5.75 Å². The Morgan fingerprint density at radius 3 is 2.79 bits per heavy atom. The highest BCUT2D eigenvalue weighted by Gasteiger charge is 2.26. The van der Waals surface area contributed by atoms with E-state index < -0.39 is 17.9 Å². The number of carboxylic acid groups (broad SMARTS) is 1. The van der Waals surface area contributed by atoms with Gasteiger partial charge in [-0.3, -0.25) is 4.79 Å². The fourth-order valence-corrected chi connectivity index (χ4v) is 3.17. The van der Waals surface area contributed by atoms with E-state index in [1.165, 1.54) is 0 Å². The number of carbonyl (C=O) groups excluding carboxylic acids is 1. The van der Waals surface area contributed by atoms with Crippen molar-refractivity contribution >= 4 is 11.9 Å². The Kier molecular flexibility index (Phi) is 7.85. The summed E-state index contributed by atoms with van der Waals surface area (Å²) in [6, 6.07) is 5.70. The van der Waals surface area contributed by atoms with Crippen molar-refractivity contribution in [1.82, 2.24) is 0 Å². The van der Waals surface area contributed by atoms with E-state index in [0.717, 1.165) is 48.1 Å². The molecule has 5 heteroatoms. The van der Waals surface area contributed by atoms with E-state index in [4.69, 9.17) is 9.47 Å². The molecule has 0 aromatic heterocycles. The number of benzene rings is 1. The van der Waals surface area contributed by atoms with Crippen molar-refractivity contribution in [3.8, 4) is 5.75 Å². The molecule has 1 aromatic rings. The molecule has 152 valence electrons. The molecule has 0 radical (unpaired) electrons. The number of carboxylic acids is 1. The molecular weight excluding hydrogens is 356 g/mol. The second kappa shape index (κ2) is 10.1. The first-order valence-electron chi connectivity index (χ1n) is 9.87. The first-order chi connectivity index (χ1) is 13.3. The molecule has 1 aliphatic heterocycles. The number of allylic oxidation sites excluding steroid dienone is 1. The number of hydrogen-bond acceptors (Lipinski definition) is 4. The minimum atomic E-state index is -1.07. The van der Waals surface area contributed by atoms with Gasteiger partial charge in [-0.2, -0.15) is 0 Å². The quantitative estimate of drug-likeness (QED) is 0.270. The molecule has 0 bridgehead atoms. The molecule has 2 atom stereocenters. The minimum Gasteiger partial charge on any atom is -0.485 e. The molecule has 0 unspecified atom stereocenters. The van der Waals surface area contributed by atoms with Gasteiger partial charge >= 0.3 is 11.9 Å². The molecule has 0 fully saturated rings. The Labute approximate surface area is 167 Å². The van der Waals surface area contributed by atoms with Crippen LogP contribution in [0.4, 0.5) is 0 Å². The van der Waals surface area contributed by atoms with Gasteiger partial charge in [-0.25, -0.2) is 4.79 Å². The first kappa shape index (κ1) is 21.7. The summed E-state index contributed by atoms with van der Waals surface area (Å²) in [4.78, 5) is 23.9. The van der Waals surface area contributed by atoms with Crippen LogP contribution < -0.4 is 4.74 Å². The van der Waals surface area contributed by atoms with Crippen molar-refractivity contribution in [3.05, 3.63) is 53.1 Å². The number of aliphatic carboxylic acids is 1. The zero-order valence-electron chi connectivity index (χ0n) is 17.0. The van der Waals surface area contributed by atoms with Crippen LogP contribution in [0.1, 0.15) is 57.6 Å². The number of fused-ring (bicyclic) bond motifs is 1. The van der Waals surface area contributed by atoms with Gasteiger partial charge in [-0.15, -0.1) is 0 Å². The van der Waals surface area contributed by atoms with Gasteiger partial charge in [-0.05, 0) is 55.5 Å². The number of ether oxygens (including phenoxy) is 2. The topological polar surface area (TPSA) is 72.8 Å². The molecular formula is C23H30O5. The van der Waals surface area contributed by atoms with E-state index in [9.17, 15) is 14.7 Å². The summed E-state index contributed by atoms with van der Waals surface area (Å²) < 4.78 is 11.2. The summed E-state index contributed by atoms with van der Waals surface area (Å²) >= 11 is 0. The standard InChI is InChI=1S/C23H30O5/c1-5-6-7-8-9-19(22(24)25)16(4)23(26)27-14-17-10-11-20-18(12-17)13-21(28-20)15(2)3/h9-12,16,21H,2,5-8,13-14H2,1,3-4H3,(H,24,25)/t16-,21-/m1/s1. The largest absolute Gasteiger partial charge is 0.485 e. The van der Waals surface area contributed by atoms with Crippen molar-refractivity contribution in [1.29, 1.82) is 0 Å². The highest BCUT2D eigenvalue weighted by molar-refractivity contribution is 5.94. The molecule has 0 spiro atoms. The molecule has 1 aliphatic rings. The number of rotatable bonds is 10. The van der Waals surface area contributed by atoms with Gasteiger partial charge in [-0.1, -0.05) is 38.5 Å². The Morgan fingerprint density at radius 1 is 1.39 bits per heavy atom. The summed E-state index contributed by atoms with van der Waals surface area (Å²) in [5, 5.41) is 9.41. The molecule has 1 N–H and O–H groups in total. The van der Waals surface area contributed by atoms with Gasteiger partial charge < -0.3 is 14.6 Å². The second-order valence-corrected chi connectivity index (χ2v) is 7.39. The normalized spacial score (nSPS) is 16.8. The van der Waals surface area contributed by atoms with E-state index in [1.807, 2.05) is 25.1 Å². The van der Waals surface area contributed by atoms with Gasteiger partial charge in [0, 0.05) is 12.0 Å². The fourth-order valence-electron chi connectivity index (χ4n) is 3.17. The first-order valence-corrected chi connectivity index (χ1v) is 9.87. The van der Waals surface area contributed by atoms with E-state index in [-0.39, 0.29) is 18.3 Å². The van der Waals surface area contributed by atoms with Gasteiger partial charge in [0.1, 0.15) is 18.5 Å². The summed E-state index contributed by atoms with van der Waals surface area (Å²) in [6.45, 7) is 9.65. The van der Waals surface area contributed by atoms with Crippen LogP contribution in [0.25, 0.3) is 0 Å². The van der Waals surface area contributed by atoms with Crippen molar-refractivity contribution in [2.45, 2.75) is 65.6 Å². The van der Waals surface area contributed by atoms with Gasteiger partial charge in [0.25, 0.3) is 0 Å². The Hall–Kier alpha value is -2.56. The van der Waals surface area contributed by atoms with Crippen LogP contribution in [0.15, 0.2) is 42.0 Å². The lowest BCUT2D eigenvalue weighted by Gasteiger charge is -2.13. The minimum absolute atomic E-state index is 0.0104. The number of carbonyl (C=O) groups is 2. The van der Waals surface area contributed by atoms with Gasteiger partial charge in [0.05, 0.1) is 5.92 Å². The van der Waals surface area contributed by atoms with Gasteiger partial charge in [0.2, 0.25) is 0 Å². The average Bonchev–Trinajstić information content (AvgIpc) is 3.09. The van der Waals surface area contributed by atoms with Crippen LogP contribution >= 0.6 is 0 Å². The maximum atomic E-state index is 12.4. The average molecular weight is 386 g/mol. The smallest absolute Gasteiger partial charge is 0.332 e. The van der Waals surface area contributed by atoms with Crippen molar-refractivity contribution < 1.29 is 24.2 Å². The molecule has 2 rings (SSSR count). The van der Waals surface area contributed by atoms with Crippen LogP contribution in [0.2, 0.25) is 0 Å². The van der Waals surface area contributed by atoms with Crippen LogP contribution in [0.3, 0.4) is 0 Å². The summed E-state index contributed by atoms with van der Waals surface area (Å²) in [7, 11) is 0. The third-order valence-corrected chi connectivity index (χ3v) is 4.97. The van der Waals surface area contributed by atoms with Crippen LogP contribution in [-0.4, -0.2) is 23.1 Å². The molecule has 28 heavy (non-hydrogen) atoms. The van der Waals surface area contributed by atoms with Crippen LogP contribution in [-0.2, 0) is 27.4 Å². The molecule has 1 heterocycles. The predicted molar refractivity (Wildman–Crippen MR) is 108 cm³/mol.